The molecule has 1 aliphatic carbocycles. The van der Waals surface area contributed by atoms with Crippen molar-refractivity contribution >= 4 is 11.8 Å². The summed E-state index contributed by atoms with van der Waals surface area (Å²) in [6.45, 7) is 3.19. The molecule has 0 radical (unpaired) electrons. The standard InChI is InChI=1S/C14H27NOS/c1-3-13-9-12(7-8-16-13)15-11-5-4-6-14(10-11)17-2/h11-15H,3-10H2,1-2H3. The summed E-state index contributed by atoms with van der Waals surface area (Å²) in [4.78, 5) is 0. The summed E-state index contributed by atoms with van der Waals surface area (Å²) >= 11 is 2.05. The van der Waals surface area contributed by atoms with Crippen molar-refractivity contribution in [3.8, 4) is 0 Å². The van der Waals surface area contributed by atoms with Gasteiger partial charge in [-0.25, -0.2) is 0 Å². The minimum Gasteiger partial charge on any atom is -0.378 e. The molecule has 1 N–H and O–H groups in total. The summed E-state index contributed by atoms with van der Waals surface area (Å²) in [5, 5.41) is 4.78. The molecule has 2 aliphatic rings. The maximum atomic E-state index is 5.74. The quantitative estimate of drug-likeness (QED) is 0.835. The Labute approximate surface area is 110 Å². The summed E-state index contributed by atoms with van der Waals surface area (Å²) < 4.78 is 5.74. The first-order valence-corrected chi connectivity index (χ1v) is 8.51. The molecule has 0 bridgehead atoms. The molecular weight excluding hydrogens is 230 g/mol. The lowest BCUT2D eigenvalue weighted by Crippen LogP contribution is -2.46. The van der Waals surface area contributed by atoms with Gasteiger partial charge in [-0.2, -0.15) is 11.8 Å². The molecule has 1 saturated heterocycles. The van der Waals surface area contributed by atoms with E-state index in [1.165, 1.54) is 38.5 Å². The average Bonchev–Trinajstić information content (AvgIpc) is 2.39. The van der Waals surface area contributed by atoms with Crippen LogP contribution in [0.5, 0.6) is 0 Å². The van der Waals surface area contributed by atoms with Crippen LogP contribution in [0.1, 0.15) is 51.9 Å². The topological polar surface area (TPSA) is 21.3 Å². The van der Waals surface area contributed by atoms with Crippen molar-refractivity contribution in [2.75, 3.05) is 12.9 Å². The molecule has 1 aliphatic heterocycles. The second kappa shape index (κ2) is 7.01. The smallest absolute Gasteiger partial charge is 0.0587 e. The van der Waals surface area contributed by atoms with E-state index in [1.807, 2.05) is 0 Å². The maximum absolute atomic E-state index is 5.74. The van der Waals surface area contributed by atoms with Crippen molar-refractivity contribution in [2.24, 2.45) is 0 Å². The van der Waals surface area contributed by atoms with Crippen LogP contribution in [-0.4, -0.2) is 36.3 Å². The highest BCUT2D eigenvalue weighted by atomic mass is 32.2. The molecule has 4 unspecified atom stereocenters. The van der Waals surface area contributed by atoms with E-state index < -0.39 is 0 Å². The lowest BCUT2D eigenvalue weighted by atomic mass is 9.92. The van der Waals surface area contributed by atoms with Gasteiger partial charge in [0.05, 0.1) is 6.10 Å². The van der Waals surface area contributed by atoms with Gasteiger partial charge in [0.1, 0.15) is 0 Å². The summed E-state index contributed by atoms with van der Waals surface area (Å²) in [6.07, 6.45) is 11.9. The molecule has 2 rings (SSSR count). The Hall–Kier alpha value is 0.270. The molecule has 17 heavy (non-hydrogen) atoms. The fourth-order valence-corrected chi connectivity index (χ4v) is 3.99. The first-order valence-electron chi connectivity index (χ1n) is 7.22. The van der Waals surface area contributed by atoms with Crippen LogP contribution in [0, 0.1) is 0 Å². The second-order valence-corrected chi connectivity index (χ2v) is 6.65. The third kappa shape index (κ3) is 4.15. The van der Waals surface area contributed by atoms with Crippen LogP contribution in [0.3, 0.4) is 0 Å². The molecule has 1 heterocycles. The third-order valence-electron chi connectivity index (χ3n) is 4.25. The van der Waals surface area contributed by atoms with Gasteiger partial charge >= 0.3 is 0 Å². The zero-order chi connectivity index (χ0) is 12.1. The predicted octanol–water partition coefficient (Wildman–Crippen LogP) is 3.21. The monoisotopic (exact) mass is 257 g/mol. The van der Waals surface area contributed by atoms with E-state index in [1.54, 1.807) is 0 Å². The third-order valence-corrected chi connectivity index (χ3v) is 5.35. The Bertz CT molecular complexity index is 202. The molecule has 2 nitrogen and oxygen atoms in total. The van der Waals surface area contributed by atoms with Gasteiger partial charge in [0.15, 0.2) is 0 Å². The number of hydrogen-bond donors (Lipinski definition) is 1. The first-order chi connectivity index (χ1) is 8.31. The van der Waals surface area contributed by atoms with Crippen molar-refractivity contribution in [1.29, 1.82) is 0 Å². The van der Waals surface area contributed by atoms with Crippen LogP contribution in [0.15, 0.2) is 0 Å². The first kappa shape index (κ1) is 13.7. The number of rotatable bonds is 4. The fraction of sp³-hybridized carbons (Fsp3) is 1.00. The Balaban J connectivity index is 1.75. The van der Waals surface area contributed by atoms with Crippen LogP contribution < -0.4 is 5.32 Å². The lowest BCUT2D eigenvalue weighted by molar-refractivity contribution is -0.00264. The highest BCUT2D eigenvalue weighted by Crippen LogP contribution is 2.28. The number of hydrogen-bond acceptors (Lipinski definition) is 3. The molecule has 100 valence electrons. The highest BCUT2D eigenvalue weighted by Gasteiger charge is 2.26. The van der Waals surface area contributed by atoms with Crippen molar-refractivity contribution in [3.05, 3.63) is 0 Å². The van der Waals surface area contributed by atoms with E-state index >= 15 is 0 Å². The summed E-state index contributed by atoms with van der Waals surface area (Å²) in [6, 6.07) is 1.47. The van der Waals surface area contributed by atoms with Crippen LogP contribution in [0.25, 0.3) is 0 Å². The number of thioether (sulfide) groups is 1. The molecule has 0 aromatic heterocycles. The van der Waals surface area contributed by atoms with E-state index in [4.69, 9.17) is 4.74 Å². The van der Waals surface area contributed by atoms with Gasteiger partial charge in [-0.1, -0.05) is 13.3 Å². The molecule has 0 aromatic carbocycles. The predicted molar refractivity (Wildman–Crippen MR) is 75.7 cm³/mol. The summed E-state index contributed by atoms with van der Waals surface area (Å²) in [7, 11) is 0. The Morgan fingerprint density at radius 2 is 2.00 bits per heavy atom. The molecule has 1 saturated carbocycles. The molecule has 4 atom stereocenters. The molecule has 0 amide bonds. The minimum absolute atomic E-state index is 0.501. The molecule has 2 fully saturated rings. The van der Waals surface area contributed by atoms with Crippen LogP contribution in [-0.2, 0) is 4.74 Å². The zero-order valence-electron chi connectivity index (χ0n) is 11.3. The van der Waals surface area contributed by atoms with Gasteiger partial charge in [-0.15, -0.1) is 0 Å². The van der Waals surface area contributed by atoms with Gasteiger partial charge < -0.3 is 10.1 Å². The van der Waals surface area contributed by atoms with Crippen LogP contribution in [0.4, 0.5) is 0 Å². The van der Waals surface area contributed by atoms with Gasteiger partial charge in [0, 0.05) is 23.9 Å². The van der Waals surface area contributed by atoms with E-state index in [0.717, 1.165) is 24.3 Å². The van der Waals surface area contributed by atoms with Crippen molar-refractivity contribution in [1.82, 2.24) is 5.32 Å². The molecular formula is C14H27NOS. The zero-order valence-corrected chi connectivity index (χ0v) is 12.1. The SMILES string of the molecule is CCC1CC(NC2CCCC(SC)C2)CCO1. The Kier molecular flexibility index (Phi) is 5.64. The average molecular weight is 257 g/mol. The van der Waals surface area contributed by atoms with E-state index in [9.17, 15) is 0 Å². The summed E-state index contributed by atoms with van der Waals surface area (Å²) in [5.41, 5.74) is 0. The van der Waals surface area contributed by atoms with Gasteiger partial charge in [-0.05, 0) is 44.8 Å². The van der Waals surface area contributed by atoms with Gasteiger partial charge in [-0.3, -0.25) is 0 Å². The number of nitrogens with one attached hydrogen (secondary N) is 1. The van der Waals surface area contributed by atoms with E-state index in [0.29, 0.717) is 12.1 Å². The second-order valence-electron chi connectivity index (χ2n) is 5.51. The maximum Gasteiger partial charge on any atom is 0.0587 e. The van der Waals surface area contributed by atoms with Gasteiger partial charge in [0.2, 0.25) is 0 Å². The highest BCUT2D eigenvalue weighted by molar-refractivity contribution is 7.99. The van der Waals surface area contributed by atoms with Crippen LogP contribution >= 0.6 is 11.8 Å². The number of ether oxygens (including phenoxy) is 1. The van der Waals surface area contributed by atoms with Crippen molar-refractivity contribution < 1.29 is 4.74 Å². The van der Waals surface area contributed by atoms with E-state index in [2.05, 4.69) is 30.3 Å². The molecule has 0 spiro atoms. The van der Waals surface area contributed by atoms with Crippen LogP contribution in [0.2, 0.25) is 0 Å². The van der Waals surface area contributed by atoms with Gasteiger partial charge in [0.25, 0.3) is 0 Å². The Morgan fingerprint density at radius 1 is 1.18 bits per heavy atom. The van der Waals surface area contributed by atoms with Crippen molar-refractivity contribution in [2.45, 2.75) is 75.3 Å². The Morgan fingerprint density at radius 3 is 2.76 bits per heavy atom. The normalized spacial score (nSPS) is 39.2. The van der Waals surface area contributed by atoms with E-state index in [-0.39, 0.29) is 0 Å². The summed E-state index contributed by atoms with van der Waals surface area (Å²) in [5.74, 6) is 0. The van der Waals surface area contributed by atoms with Crippen molar-refractivity contribution in [3.63, 3.8) is 0 Å². The fourth-order valence-electron chi connectivity index (χ4n) is 3.16. The minimum atomic E-state index is 0.501. The largest absolute Gasteiger partial charge is 0.378 e. The molecule has 3 heteroatoms. The molecule has 0 aromatic rings. The lowest BCUT2D eigenvalue weighted by Gasteiger charge is -2.35.